The van der Waals surface area contributed by atoms with Crippen LogP contribution >= 0.6 is 0 Å². The molecule has 148 valence electrons. The van der Waals surface area contributed by atoms with E-state index in [9.17, 15) is 9.59 Å². The van der Waals surface area contributed by atoms with Gasteiger partial charge in [0.25, 0.3) is 11.5 Å². The van der Waals surface area contributed by atoms with Gasteiger partial charge in [0.15, 0.2) is 0 Å². The second-order valence-electron chi connectivity index (χ2n) is 7.12. The fourth-order valence-electron chi connectivity index (χ4n) is 2.96. The van der Waals surface area contributed by atoms with Crippen molar-refractivity contribution in [2.24, 2.45) is 5.92 Å². The lowest BCUT2D eigenvalue weighted by Gasteiger charge is -2.20. The van der Waals surface area contributed by atoms with E-state index in [4.69, 9.17) is 4.74 Å². The first kappa shape index (κ1) is 18.9. The van der Waals surface area contributed by atoms with Crippen LogP contribution < -0.4 is 15.6 Å². The quantitative estimate of drug-likeness (QED) is 0.639. The molecule has 1 aliphatic carbocycles. The van der Waals surface area contributed by atoms with Crippen LogP contribution in [0.15, 0.2) is 71.9 Å². The van der Waals surface area contributed by atoms with Gasteiger partial charge in [0.2, 0.25) is 5.88 Å². The maximum atomic E-state index is 12.7. The minimum Gasteiger partial charge on any atom is -0.476 e. The summed E-state index contributed by atoms with van der Waals surface area (Å²) in [4.78, 5) is 33.2. The summed E-state index contributed by atoms with van der Waals surface area (Å²) in [5, 5.41) is 2.96. The van der Waals surface area contributed by atoms with Crippen LogP contribution in [-0.4, -0.2) is 27.0 Å². The van der Waals surface area contributed by atoms with Gasteiger partial charge in [0.1, 0.15) is 5.69 Å². The SMILES string of the molecule is O=C(NC(Cn1ccccc1=O)c1ccccc1)c1cnc(OCC2CC2)cn1. The molecule has 3 aromatic rings. The molecular weight excluding hydrogens is 368 g/mol. The topological polar surface area (TPSA) is 86.1 Å². The highest BCUT2D eigenvalue weighted by Crippen LogP contribution is 2.29. The molecule has 7 nitrogen and oxygen atoms in total. The molecule has 7 heteroatoms. The number of hydrogen-bond acceptors (Lipinski definition) is 5. The first-order valence-electron chi connectivity index (χ1n) is 9.65. The Balaban J connectivity index is 1.48. The van der Waals surface area contributed by atoms with Crippen molar-refractivity contribution in [1.82, 2.24) is 19.9 Å². The lowest BCUT2D eigenvalue weighted by atomic mass is 10.1. The van der Waals surface area contributed by atoms with Crippen molar-refractivity contribution in [1.29, 1.82) is 0 Å². The van der Waals surface area contributed by atoms with Crippen molar-refractivity contribution in [3.63, 3.8) is 0 Å². The van der Waals surface area contributed by atoms with Gasteiger partial charge in [0, 0.05) is 12.3 Å². The highest BCUT2D eigenvalue weighted by atomic mass is 16.5. The van der Waals surface area contributed by atoms with E-state index in [0.717, 1.165) is 5.56 Å². The number of hydrogen-bond donors (Lipinski definition) is 1. The number of nitrogens with zero attached hydrogens (tertiary/aromatic N) is 3. The Kier molecular flexibility index (Phi) is 5.65. The predicted octanol–water partition coefficient (Wildman–Crippen LogP) is 2.60. The van der Waals surface area contributed by atoms with Gasteiger partial charge in [0.05, 0.1) is 31.6 Å². The van der Waals surface area contributed by atoms with Crippen LogP contribution in [0.25, 0.3) is 0 Å². The van der Waals surface area contributed by atoms with Crippen LogP contribution in [0, 0.1) is 5.92 Å². The van der Waals surface area contributed by atoms with Gasteiger partial charge in [-0.15, -0.1) is 0 Å². The molecule has 29 heavy (non-hydrogen) atoms. The van der Waals surface area contributed by atoms with E-state index in [1.807, 2.05) is 30.3 Å². The minimum absolute atomic E-state index is 0.125. The normalized spacial score (nSPS) is 14.2. The van der Waals surface area contributed by atoms with E-state index in [0.29, 0.717) is 24.9 Å². The molecule has 1 unspecified atom stereocenters. The third-order valence-corrected chi connectivity index (χ3v) is 4.81. The number of rotatable bonds is 8. The summed E-state index contributed by atoms with van der Waals surface area (Å²) in [6.07, 6.45) is 6.97. The molecule has 1 aromatic carbocycles. The maximum Gasteiger partial charge on any atom is 0.272 e. The number of nitrogens with one attached hydrogen (secondary N) is 1. The number of aromatic nitrogens is 3. The molecule has 4 rings (SSSR count). The second-order valence-corrected chi connectivity index (χ2v) is 7.12. The molecule has 1 saturated carbocycles. The lowest BCUT2D eigenvalue weighted by molar-refractivity contribution is 0.0926. The Morgan fingerprint density at radius 2 is 1.90 bits per heavy atom. The van der Waals surface area contributed by atoms with Crippen LogP contribution in [0.1, 0.15) is 34.9 Å². The summed E-state index contributed by atoms with van der Waals surface area (Å²) >= 11 is 0. The first-order chi connectivity index (χ1) is 14.2. The Bertz CT molecular complexity index is 1010. The fourth-order valence-corrected chi connectivity index (χ4v) is 2.96. The van der Waals surface area contributed by atoms with Crippen LogP contribution in [-0.2, 0) is 6.54 Å². The number of benzene rings is 1. The Hall–Kier alpha value is -3.48. The van der Waals surface area contributed by atoms with E-state index in [1.165, 1.54) is 31.3 Å². The zero-order valence-electron chi connectivity index (χ0n) is 15.9. The van der Waals surface area contributed by atoms with Gasteiger partial charge in [-0.3, -0.25) is 9.59 Å². The Morgan fingerprint density at radius 1 is 1.10 bits per heavy atom. The molecule has 2 heterocycles. The molecule has 1 aliphatic rings. The van der Waals surface area contributed by atoms with Gasteiger partial charge < -0.3 is 14.6 Å². The van der Waals surface area contributed by atoms with Crippen molar-refractivity contribution in [3.8, 4) is 5.88 Å². The van der Waals surface area contributed by atoms with Crippen LogP contribution in [0.3, 0.4) is 0 Å². The molecule has 1 fully saturated rings. The summed E-state index contributed by atoms with van der Waals surface area (Å²) in [6, 6.07) is 14.1. The van der Waals surface area contributed by atoms with E-state index in [-0.39, 0.29) is 17.2 Å². The number of ether oxygens (including phenoxy) is 1. The minimum atomic E-state index is -0.392. The van der Waals surface area contributed by atoms with Gasteiger partial charge in [-0.1, -0.05) is 36.4 Å². The van der Waals surface area contributed by atoms with E-state index >= 15 is 0 Å². The summed E-state index contributed by atoms with van der Waals surface area (Å²) in [7, 11) is 0. The van der Waals surface area contributed by atoms with E-state index in [2.05, 4.69) is 15.3 Å². The van der Waals surface area contributed by atoms with Gasteiger partial charge in [-0.25, -0.2) is 9.97 Å². The second kappa shape index (κ2) is 8.68. The van der Waals surface area contributed by atoms with Crippen LogP contribution in [0.4, 0.5) is 0 Å². The third kappa shape index (κ3) is 5.07. The maximum absolute atomic E-state index is 12.7. The zero-order chi connectivity index (χ0) is 20.1. The van der Waals surface area contributed by atoms with Crippen molar-refractivity contribution < 1.29 is 9.53 Å². The standard InChI is InChI=1S/C22H22N4O3/c27-21-8-4-5-11-26(21)14-19(17-6-2-1-3-7-17)25-22(28)18-12-24-20(13-23-18)29-15-16-9-10-16/h1-8,11-13,16,19H,9-10,14-15H2,(H,25,28). The summed E-state index contributed by atoms with van der Waals surface area (Å²) in [5.41, 5.74) is 0.971. The average molecular weight is 390 g/mol. The molecule has 2 aromatic heterocycles. The fraction of sp³-hybridized carbons (Fsp3) is 0.273. The molecule has 1 N–H and O–H groups in total. The number of pyridine rings is 1. The summed E-state index contributed by atoms with van der Waals surface area (Å²) in [5.74, 6) is 0.681. The zero-order valence-corrected chi connectivity index (χ0v) is 15.9. The average Bonchev–Trinajstić information content (AvgIpc) is 3.59. The molecule has 0 saturated heterocycles. The highest BCUT2D eigenvalue weighted by Gasteiger charge is 2.22. The molecular formula is C22H22N4O3. The highest BCUT2D eigenvalue weighted by molar-refractivity contribution is 5.92. The van der Waals surface area contributed by atoms with Crippen molar-refractivity contribution in [2.75, 3.05) is 6.61 Å². The largest absolute Gasteiger partial charge is 0.476 e. The number of carbonyl (C=O) groups excluding carboxylic acids is 1. The van der Waals surface area contributed by atoms with Gasteiger partial charge in [-0.2, -0.15) is 0 Å². The molecule has 1 amide bonds. The van der Waals surface area contributed by atoms with Crippen molar-refractivity contribution in [2.45, 2.75) is 25.4 Å². The van der Waals surface area contributed by atoms with E-state index < -0.39 is 6.04 Å². The number of carbonyl (C=O) groups is 1. The van der Waals surface area contributed by atoms with Crippen LogP contribution in [0.2, 0.25) is 0 Å². The Labute approximate surface area is 168 Å². The van der Waals surface area contributed by atoms with Gasteiger partial charge >= 0.3 is 0 Å². The first-order valence-corrected chi connectivity index (χ1v) is 9.65. The molecule has 0 spiro atoms. The van der Waals surface area contributed by atoms with Gasteiger partial charge in [-0.05, 0) is 30.4 Å². The summed E-state index contributed by atoms with van der Waals surface area (Å²) < 4.78 is 7.13. The van der Waals surface area contributed by atoms with Crippen LogP contribution in [0.5, 0.6) is 5.88 Å². The lowest BCUT2D eigenvalue weighted by Crippen LogP contribution is -2.34. The van der Waals surface area contributed by atoms with Crippen molar-refractivity contribution in [3.05, 3.63) is 88.7 Å². The van der Waals surface area contributed by atoms with E-state index in [1.54, 1.807) is 22.9 Å². The molecule has 1 atom stereocenters. The third-order valence-electron chi connectivity index (χ3n) is 4.81. The molecule has 0 aliphatic heterocycles. The smallest absolute Gasteiger partial charge is 0.272 e. The monoisotopic (exact) mass is 390 g/mol. The molecule has 0 radical (unpaired) electrons. The number of amides is 1. The summed E-state index contributed by atoms with van der Waals surface area (Å²) in [6.45, 7) is 0.952. The van der Waals surface area contributed by atoms with Crippen molar-refractivity contribution >= 4 is 5.91 Å². The molecule has 0 bridgehead atoms. The predicted molar refractivity (Wildman–Crippen MR) is 108 cm³/mol. The Morgan fingerprint density at radius 3 is 2.59 bits per heavy atom.